The van der Waals surface area contributed by atoms with Gasteiger partial charge in [-0.05, 0) is 32.9 Å². The highest BCUT2D eigenvalue weighted by Crippen LogP contribution is 2.36. The Hall–Kier alpha value is -1.07. The molecule has 1 aromatic carbocycles. The van der Waals surface area contributed by atoms with Gasteiger partial charge in [-0.1, -0.05) is 17.7 Å². The fourth-order valence-electron chi connectivity index (χ4n) is 2.62. The number of rotatable bonds is 2. The molecular weight excluding hydrogens is 338 g/mol. The fraction of sp³-hybridized carbons (Fsp3) is 0.600. The van der Waals surface area contributed by atoms with Gasteiger partial charge in [0.15, 0.2) is 11.9 Å². The summed E-state index contributed by atoms with van der Waals surface area (Å²) in [6.45, 7) is 5.48. The summed E-state index contributed by atoms with van der Waals surface area (Å²) in [5.41, 5.74) is 4.73. The molecule has 2 aliphatic rings. The number of aryl methyl sites for hydroxylation is 1. The molecule has 3 rings (SSSR count). The molecule has 2 heterocycles. The standard InChI is InChI=1S/C8H15NO4.C7H8O3S/c1-8(2)12-5-4(3-10)11-7(9)6(5)13-8;1-6-2-4-7(5-3-6)11(8,9)10/h4-7,10H,3,9H2,1-2H3;2-5H,1H3,(H,8,9,10). The summed E-state index contributed by atoms with van der Waals surface area (Å²) in [5.74, 6) is -0.581. The molecule has 9 heteroatoms. The van der Waals surface area contributed by atoms with Crippen molar-refractivity contribution in [1.29, 1.82) is 0 Å². The third-order valence-electron chi connectivity index (χ3n) is 3.74. The van der Waals surface area contributed by atoms with E-state index in [0.29, 0.717) is 0 Å². The Morgan fingerprint density at radius 1 is 1.21 bits per heavy atom. The van der Waals surface area contributed by atoms with Crippen molar-refractivity contribution >= 4 is 10.1 Å². The maximum Gasteiger partial charge on any atom is 0.218 e. The number of fused-ring (bicyclic) bond motifs is 1. The highest BCUT2D eigenvalue weighted by molar-refractivity contribution is 7.85. The second-order valence-electron chi connectivity index (χ2n) is 6.23. The molecular formula is C15H23NO7S. The second kappa shape index (κ2) is 7.04. The number of quaternary nitrogens is 1. The number of benzene rings is 1. The van der Waals surface area contributed by atoms with Gasteiger partial charge in [-0.2, -0.15) is 0 Å². The molecule has 0 saturated carbocycles. The molecule has 2 fully saturated rings. The van der Waals surface area contributed by atoms with E-state index in [1.165, 1.54) is 12.1 Å². The molecule has 136 valence electrons. The van der Waals surface area contributed by atoms with Crippen molar-refractivity contribution in [2.75, 3.05) is 6.61 Å². The Morgan fingerprint density at radius 3 is 2.25 bits per heavy atom. The minimum atomic E-state index is -4.27. The highest BCUT2D eigenvalue weighted by atomic mass is 32.2. The maximum atomic E-state index is 10.4. The summed E-state index contributed by atoms with van der Waals surface area (Å²) < 4.78 is 47.7. The number of aliphatic hydroxyl groups is 1. The van der Waals surface area contributed by atoms with Crippen LogP contribution in [0.15, 0.2) is 29.2 Å². The molecule has 24 heavy (non-hydrogen) atoms. The van der Waals surface area contributed by atoms with Gasteiger partial charge in [0.25, 0.3) is 0 Å². The van der Waals surface area contributed by atoms with Gasteiger partial charge in [-0.15, -0.1) is 0 Å². The van der Waals surface area contributed by atoms with Crippen LogP contribution in [0.25, 0.3) is 0 Å². The van der Waals surface area contributed by atoms with E-state index in [-0.39, 0.29) is 36.0 Å². The van der Waals surface area contributed by atoms with Crippen molar-refractivity contribution < 1.29 is 38.0 Å². The lowest BCUT2D eigenvalue weighted by atomic mass is 10.1. The summed E-state index contributed by atoms with van der Waals surface area (Å²) in [5, 5.41) is 9.01. The third kappa shape index (κ3) is 4.51. The van der Waals surface area contributed by atoms with Crippen LogP contribution in [0.1, 0.15) is 19.4 Å². The molecule has 0 spiro atoms. The van der Waals surface area contributed by atoms with Crippen LogP contribution in [0.2, 0.25) is 0 Å². The largest absolute Gasteiger partial charge is 0.744 e. The topological polar surface area (TPSA) is 133 Å². The molecule has 0 radical (unpaired) electrons. The summed E-state index contributed by atoms with van der Waals surface area (Å²) in [6.07, 6.45) is -0.868. The zero-order valence-electron chi connectivity index (χ0n) is 13.8. The average molecular weight is 361 g/mol. The highest BCUT2D eigenvalue weighted by Gasteiger charge is 2.55. The summed E-state index contributed by atoms with van der Waals surface area (Å²) in [7, 11) is -4.27. The first-order valence-corrected chi connectivity index (χ1v) is 8.92. The van der Waals surface area contributed by atoms with Gasteiger partial charge < -0.3 is 29.6 Å². The van der Waals surface area contributed by atoms with Crippen molar-refractivity contribution in [2.24, 2.45) is 0 Å². The molecule has 4 unspecified atom stereocenters. The first kappa shape index (κ1) is 19.3. The zero-order chi connectivity index (χ0) is 18.1. The van der Waals surface area contributed by atoms with E-state index >= 15 is 0 Å². The van der Waals surface area contributed by atoms with E-state index in [4.69, 9.17) is 19.3 Å². The Morgan fingerprint density at radius 2 is 1.75 bits per heavy atom. The zero-order valence-corrected chi connectivity index (χ0v) is 14.7. The van der Waals surface area contributed by atoms with Crippen LogP contribution in [0, 0.1) is 6.92 Å². The van der Waals surface area contributed by atoms with E-state index in [9.17, 15) is 13.0 Å². The second-order valence-corrected chi connectivity index (χ2v) is 7.61. The van der Waals surface area contributed by atoms with Crippen LogP contribution in [-0.2, 0) is 24.3 Å². The van der Waals surface area contributed by atoms with Gasteiger partial charge in [0.1, 0.15) is 22.3 Å². The van der Waals surface area contributed by atoms with Crippen molar-refractivity contribution in [3.63, 3.8) is 0 Å². The first-order chi connectivity index (χ1) is 11.0. The molecule has 2 aliphatic heterocycles. The normalized spacial score (nSPS) is 31.2. The van der Waals surface area contributed by atoms with Crippen LogP contribution >= 0.6 is 0 Å². The smallest absolute Gasteiger partial charge is 0.218 e. The molecule has 0 amide bonds. The van der Waals surface area contributed by atoms with Gasteiger partial charge in [0.2, 0.25) is 6.23 Å². The predicted octanol–water partition coefficient (Wildman–Crippen LogP) is -0.635. The lowest BCUT2D eigenvalue weighted by Gasteiger charge is -2.21. The fourth-order valence-corrected chi connectivity index (χ4v) is 3.09. The predicted molar refractivity (Wildman–Crippen MR) is 81.6 cm³/mol. The maximum absolute atomic E-state index is 10.4. The summed E-state index contributed by atoms with van der Waals surface area (Å²) in [4.78, 5) is -0.178. The van der Waals surface area contributed by atoms with Crippen molar-refractivity contribution in [3.8, 4) is 0 Å². The minimum absolute atomic E-state index is 0.0490. The number of hydrogen-bond donors (Lipinski definition) is 2. The molecule has 0 aliphatic carbocycles. The Balaban J connectivity index is 0.000000177. The van der Waals surface area contributed by atoms with Crippen LogP contribution in [0.4, 0.5) is 0 Å². The average Bonchev–Trinajstić information content (AvgIpc) is 2.93. The lowest BCUT2D eigenvalue weighted by Crippen LogP contribution is -2.66. The minimum Gasteiger partial charge on any atom is -0.744 e. The van der Waals surface area contributed by atoms with Crippen LogP contribution in [-0.4, -0.2) is 55.0 Å². The van der Waals surface area contributed by atoms with Gasteiger partial charge in [0, 0.05) is 0 Å². The SMILES string of the molecule is CC1(C)OC2C([NH3+])OC(CO)C2O1.Cc1ccc(S(=O)(=O)[O-])cc1. The Bertz CT molecular complexity index is 659. The van der Waals surface area contributed by atoms with E-state index in [1.807, 2.05) is 20.8 Å². The number of hydrogen-bond acceptors (Lipinski definition) is 7. The molecule has 4 N–H and O–H groups in total. The molecule has 0 aromatic heterocycles. The van der Waals surface area contributed by atoms with Gasteiger partial charge in [-0.3, -0.25) is 0 Å². The van der Waals surface area contributed by atoms with Crippen molar-refractivity contribution in [1.82, 2.24) is 0 Å². The van der Waals surface area contributed by atoms with Gasteiger partial charge in [0.05, 0.1) is 11.5 Å². The van der Waals surface area contributed by atoms with Crippen LogP contribution in [0.5, 0.6) is 0 Å². The lowest BCUT2D eigenvalue weighted by molar-refractivity contribution is -0.502. The monoisotopic (exact) mass is 361 g/mol. The van der Waals surface area contributed by atoms with E-state index < -0.39 is 15.9 Å². The molecule has 2 saturated heterocycles. The quantitative estimate of drug-likeness (QED) is 0.670. The van der Waals surface area contributed by atoms with E-state index in [0.717, 1.165) is 5.56 Å². The summed E-state index contributed by atoms with van der Waals surface area (Å²) >= 11 is 0. The molecule has 8 nitrogen and oxygen atoms in total. The molecule has 0 bridgehead atoms. The summed E-state index contributed by atoms with van der Waals surface area (Å²) in [6, 6.07) is 5.78. The van der Waals surface area contributed by atoms with Gasteiger partial charge in [-0.25, -0.2) is 8.42 Å². The van der Waals surface area contributed by atoms with Crippen molar-refractivity contribution in [2.45, 2.75) is 56.0 Å². The van der Waals surface area contributed by atoms with E-state index in [2.05, 4.69) is 5.73 Å². The van der Waals surface area contributed by atoms with Crippen molar-refractivity contribution in [3.05, 3.63) is 29.8 Å². The number of ether oxygens (including phenoxy) is 3. The first-order valence-electron chi connectivity index (χ1n) is 7.51. The number of aliphatic hydroxyl groups excluding tert-OH is 1. The van der Waals surface area contributed by atoms with Gasteiger partial charge >= 0.3 is 0 Å². The molecule has 1 aromatic rings. The molecule has 4 atom stereocenters. The Labute approximate surface area is 141 Å². The third-order valence-corrected chi connectivity index (χ3v) is 4.59. The van der Waals surface area contributed by atoms with Crippen LogP contribution in [0.3, 0.4) is 0 Å². The van der Waals surface area contributed by atoms with E-state index in [1.54, 1.807) is 12.1 Å². The Kier molecular flexibility index (Phi) is 5.65. The van der Waals surface area contributed by atoms with Crippen LogP contribution < -0.4 is 5.73 Å².